The van der Waals surface area contributed by atoms with E-state index in [1.165, 1.54) is 0 Å². The van der Waals surface area contributed by atoms with Gasteiger partial charge in [-0.2, -0.15) is 0 Å². The highest BCUT2D eigenvalue weighted by Gasteiger charge is 2.28. The molecule has 2 amide bonds. The molecule has 1 aromatic rings. The van der Waals surface area contributed by atoms with Gasteiger partial charge in [0, 0.05) is 18.6 Å². The van der Waals surface area contributed by atoms with Crippen LogP contribution < -0.4 is 10.6 Å². The zero-order valence-electron chi connectivity index (χ0n) is 11.5. The Labute approximate surface area is 123 Å². The Morgan fingerprint density at radius 3 is 2.85 bits per heavy atom. The summed E-state index contributed by atoms with van der Waals surface area (Å²) >= 11 is 5.97. The fraction of sp³-hybridized carbons (Fsp3) is 0.429. The third-order valence-corrected chi connectivity index (χ3v) is 3.81. The standard InChI is InChI=1S/C14H18ClN3O2/c1-9(10-4-3-5-11(15)6-10)18(2)14(20)12-7-17-13(19)8-16-12/h3-6,9,12,16H,7-8H2,1-2H3,(H,17,19). The van der Waals surface area contributed by atoms with Crippen molar-refractivity contribution in [3.05, 3.63) is 34.9 Å². The van der Waals surface area contributed by atoms with Gasteiger partial charge in [0.2, 0.25) is 11.8 Å². The van der Waals surface area contributed by atoms with Gasteiger partial charge in [-0.05, 0) is 24.6 Å². The highest BCUT2D eigenvalue weighted by molar-refractivity contribution is 6.30. The molecule has 2 N–H and O–H groups in total. The summed E-state index contributed by atoms with van der Waals surface area (Å²) in [6.07, 6.45) is 0. The predicted octanol–water partition coefficient (Wildman–Crippen LogP) is 0.947. The van der Waals surface area contributed by atoms with Crippen molar-refractivity contribution in [3.63, 3.8) is 0 Å². The average Bonchev–Trinajstić information content (AvgIpc) is 2.46. The van der Waals surface area contributed by atoms with E-state index < -0.39 is 0 Å². The van der Waals surface area contributed by atoms with Gasteiger partial charge in [0.1, 0.15) is 6.04 Å². The van der Waals surface area contributed by atoms with Gasteiger partial charge in [-0.25, -0.2) is 0 Å². The van der Waals surface area contributed by atoms with Crippen molar-refractivity contribution in [2.75, 3.05) is 20.1 Å². The van der Waals surface area contributed by atoms with Crippen molar-refractivity contribution in [2.24, 2.45) is 0 Å². The molecule has 1 aromatic carbocycles. The SMILES string of the molecule is CC(c1cccc(Cl)c1)N(C)C(=O)C1CNC(=O)CN1. The fourth-order valence-electron chi connectivity index (χ4n) is 2.17. The zero-order chi connectivity index (χ0) is 14.7. The molecule has 2 atom stereocenters. The Morgan fingerprint density at radius 2 is 2.25 bits per heavy atom. The second-order valence-electron chi connectivity index (χ2n) is 4.92. The van der Waals surface area contributed by atoms with Crippen LogP contribution in [0.25, 0.3) is 0 Å². The van der Waals surface area contributed by atoms with E-state index in [1.54, 1.807) is 18.0 Å². The third kappa shape index (κ3) is 3.29. The molecule has 2 unspecified atom stereocenters. The first-order chi connectivity index (χ1) is 9.49. The van der Waals surface area contributed by atoms with Crippen LogP contribution in [0, 0.1) is 0 Å². The van der Waals surface area contributed by atoms with E-state index in [0.717, 1.165) is 5.56 Å². The molecule has 1 fully saturated rings. The summed E-state index contributed by atoms with van der Waals surface area (Å²) in [4.78, 5) is 25.1. The van der Waals surface area contributed by atoms with Gasteiger partial charge in [-0.15, -0.1) is 0 Å². The Balaban J connectivity index is 2.04. The number of likely N-dealkylation sites (N-methyl/N-ethyl adjacent to an activating group) is 1. The van der Waals surface area contributed by atoms with Gasteiger partial charge in [-0.1, -0.05) is 23.7 Å². The molecule has 1 saturated heterocycles. The number of hydrogen-bond acceptors (Lipinski definition) is 3. The van der Waals surface area contributed by atoms with Gasteiger partial charge in [0.15, 0.2) is 0 Å². The lowest BCUT2D eigenvalue weighted by atomic mass is 10.1. The summed E-state index contributed by atoms with van der Waals surface area (Å²) in [5, 5.41) is 6.27. The lowest BCUT2D eigenvalue weighted by Gasteiger charge is -2.31. The molecule has 108 valence electrons. The Morgan fingerprint density at radius 1 is 1.50 bits per heavy atom. The quantitative estimate of drug-likeness (QED) is 0.873. The Kier molecular flexibility index (Phi) is 4.62. The lowest BCUT2D eigenvalue weighted by Crippen LogP contribution is -2.58. The maximum Gasteiger partial charge on any atom is 0.241 e. The molecule has 20 heavy (non-hydrogen) atoms. The first-order valence-electron chi connectivity index (χ1n) is 6.51. The number of benzene rings is 1. The summed E-state index contributed by atoms with van der Waals surface area (Å²) in [6, 6.07) is 7.01. The van der Waals surface area contributed by atoms with Crippen molar-refractivity contribution in [3.8, 4) is 0 Å². The fourth-order valence-corrected chi connectivity index (χ4v) is 2.37. The molecule has 1 heterocycles. The summed E-state index contributed by atoms with van der Waals surface area (Å²) in [6.45, 7) is 2.45. The van der Waals surface area contributed by atoms with Crippen LogP contribution in [0.1, 0.15) is 18.5 Å². The van der Waals surface area contributed by atoms with Gasteiger partial charge in [0.25, 0.3) is 0 Å². The van der Waals surface area contributed by atoms with Crippen LogP contribution in [0.5, 0.6) is 0 Å². The van der Waals surface area contributed by atoms with Crippen LogP contribution in [-0.2, 0) is 9.59 Å². The second kappa shape index (κ2) is 6.24. The summed E-state index contributed by atoms with van der Waals surface area (Å²) in [7, 11) is 1.76. The number of carbonyl (C=O) groups excluding carboxylic acids is 2. The van der Waals surface area contributed by atoms with E-state index in [4.69, 9.17) is 11.6 Å². The minimum atomic E-state index is -0.376. The van der Waals surface area contributed by atoms with E-state index in [2.05, 4.69) is 10.6 Å². The van der Waals surface area contributed by atoms with Crippen molar-refractivity contribution in [1.29, 1.82) is 0 Å². The first-order valence-corrected chi connectivity index (χ1v) is 6.89. The van der Waals surface area contributed by atoms with Gasteiger partial charge >= 0.3 is 0 Å². The van der Waals surface area contributed by atoms with Crippen molar-refractivity contribution in [1.82, 2.24) is 15.5 Å². The topological polar surface area (TPSA) is 61.4 Å². The Bertz CT molecular complexity index is 511. The smallest absolute Gasteiger partial charge is 0.241 e. The minimum absolute atomic E-state index is 0.0440. The molecule has 0 aliphatic carbocycles. The third-order valence-electron chi connectivity index (χ3n) is 3.57. The summed E-state index contributed by atoms with van der Waals surface area (Å²) in [5.74, 6) is -0.128. The number of nitrogens with zero attached hydrogens (tertiary/aromatic N) is 1. The van der Waals surface area contributed by atoms with Crippen molar-refractivity contribution in [2.45, 2.75) is 19.0 Å². The largest absolute Gasteiger partial charge is 0.353 e. The number of carbonyl (C=O) groups is 2. The molecule has 5 nitrogen and oxygen atoms in total. The van der Waals surface area contributed by atoms with Gasteiger partial charge in [-0.3, -0.25) is 14.9 Å². The highest BCUT2D eigenvalue weighted by Crippen LogP contribution is 2.22. The van der Waals surface area contributed by atoms with Crippen LogP contribution in [0.3, 0.4) is 0 Å². The van der Waals surface area contributed by atoms with E-state index >= 15 is 0 Å². The van der Waals surface area contributed by atoms with E-state index in [9.17, 15) is 9.59 Å². The highest BCUT2D eigenvalue weighted by atomic mass is 35.5. The summed E-state index contributed by atoms with van der Waals surface area (Å²) in [5.41, 5.74) is 0.980. The zero-order valence-corrected chi connectivity index (χ0v) is 12.3. The first kappa shape index (κ1) is 14.8. The summed E-state index contributed by atoms with van der Waals surface area (Å²) < 4.78 is 0. The number of rotatable bonds is 3. The van der Waals surface area contributed by atoms with Crippen LogP contribution >= 0.6 is 11.6 Å². The normalized spacial score (nSPS) is 20.1. The number of halogens is 1. The molecule has 0 radical (unpaired) electrons. The number of amides is 2. The van der Waals surface area contributed by atoms with Crippen molar-refractivity contribution >= 4 is 23.4 Å². The van der Waals surface area contributed by atoms with E-state index in [0.29, 0.717) is 11.6 Å². The average molecular weight is 296 g/mol. The molecule has 1 aliphatic heterocycles. The van der Waals surface area contributed by atoms with Crippen molar-refractivity contribution < 1.29 is 9.59 Å². The number of piperazine rings is 1. The number of nitrogens with one attached hydrogen (secondary N) is 2. The maximum absolute atomic E-state index is 12.4. The van der Waals surface area contributed by atoms with Crippen LogP contribution in [0.2, 0.25) is 5.02 Å². The Hall–Kier alpha value is -1.59. The molecular formula is C14H18ClN3O2. The monoisotopic (exact) mass is 295 g/mol. The molecule has 0 spiro atoms. The molecule has 0 aromatic heterocycles. The van der Waals surface area contributed by atoms with Crippen LogP contribution in [0.4, 0.5) is 0 Å². The minimum Gasteiger partial charge on any atom is -0.353 e. The molecule has 0 bridgehead atoms. The maximum atomic E-state index is 12.4. The lowest BCUT2D eigenvalue weighted by molar-refractivity contribution is -0.135. The predicted molar refractivity (Wildman–Crippen MR) is 77.4 cm³/mol. The van der Waals surface area contributed by atoms with E-state index in [1.807, 2.05) is 25.1 Å². The number of hydrogen-bond donors (Lipinski definition) is 2. The molecule has 1 aliphatic rings. The molecule has 0 saturated carbocycles. The molecule has 2 rings (SSSR count). The van der Waals surface area contributed by atoms with Gasteiger partial charge in [0.05, 0.1) is 12.6 Å². The molecular weight excluding hydrogens is 278 g/mol. The molecule has 6 heteroatoms. The van der Waals surface area contributed by atoms with E-state index in [-0.39, 0.29) is 30.4 Å². The van der Waals surface area contributed by atoms with Gasteiger partial charge < -0.3 is 10.2 Å². The van der Waals surface area contributed by atoms with Crippen LogP contribution in [0.15, 0.2) is 24.3 Å². The second-order valence-corrected chi connectivity index (χ2v) is 5.35. The van der Waals surface area contributed by atoms with Crippen LogP contribution in [-0.4, -0.2) is 42.9 Å².